The highest BCUT2D eigenvalue weighted by Crippen LogP contribution is 2.13. The Morgan fingerprint density at radius 3 is 2.83 bits per heavy atom. The maximum absolute atomic E-state index is 11.4. The van der Waals surface area contributed by atoms with E-state index in [1.54, 1.807) is 4.90 Å². The minimum atomic E-state index is 0.245. The second kappa shape index (κ2) is 5.83. The molecule has 0 aliphatic carbocycles. The Morgan fingerprint density at radius 1 is 1.44 bits per heavy atom. The topological polar surface area (TPSA) is 32.3 Å². The van der Waals surface area contributed by atoms with Crippen molar-refractivity contribution in [3.63, 3.8) is 0 Å². The van der Waals surface area contributed by atoms with Crippen LogP contribution in [0.3, 0.4) is 0 Å². The number of nitrogens with one attached hydrogen (secondary N) is 1. The highest BCUT2D eigenvalue weighted by atomic mass is 16.2. The number of carbonyl (C=O) groups excluding carboxylic acids is 1. The van der Waals surface area contributed by atoms with Crippen LogP contribution in [-0.4, -0.2) is 37.0 Å². The van der Waals surface area contributed by atoms with Gasteiger partial charge in [0.15, 0.2) is 0 Å². The maximum Gasteiger partial charge on any atom is 0.222 e. The Balaban J connectivity index is 1.82. The summed E-state index contributed by atoms with van der Waals surface area (Å²) >= 11 is 0. The van der Waals surface area contributed by atoms with Crippen molar-refractivity contribution in [2.45, 2.75) is 18.9 Å². The first kappa shape index (κ1) is 12.8. The van der Waals surface area contributed by atoms with Crippen molar-refractivity contribution in [1.29, 1.82) is 0 Å². The molecule has 96 valence electrons. The molecule has 1 fully saturated rings. The van der Waals surface area contributed by atoms with E-state index in [0.717, 1.165) is 25.1 Å². The molecule has 1 N–H and O–H groups in total. The van der Waals surface area contributed by atoms with E-state index in [9.17, 15) is 4.79 Å². The standard InChI is InChI=1S/C15H20N2O/c1-12(13-6-4-3-5-7-13)10-16-14-8-9-15(18)17(2)11-14/h3-7,14,16H,1,8-11H2,2H3. The average molecular weight is 244 g/mol. The van der Waals surface area contributed by atoms with E-state index in [1.807, 2.05) is 25.2 Å². The first-order valence-electron chi connectivity index (χ1n) is 6.37. The lowest BCUT2D eigenvalue weighted by molar-refractivity contribution is -0.132. The molecule has 3 heteroatoms. The van der Waals surface area contributed by atoms with E-state index in [0.29, 0.717) is 12.5 Å². The lowest BCUT2D eigenvalue weighted by Gasteiger charge is -2.30. The fraction of sp³-hybridized carbons (Fsp3) is 0.400. The van der Waals surface area contributed by atoms with E-state index in [2.05, 4.69) is 24.0 Å². The lowest BCUT2D eigenvalue weighted by Crippen LogP contribution is -2.46. The van der Waals surface area contributed by atoms with Gasteiger partial charge in [0.25, 0.3) is 0 Å². The molecule has 0 radical (unpaired) electrons. The van der Waals surface area contributed by atoms with Gasteiger partial charge in [-0.3, -0.25) is 4.79 Å². The van der Waals surface area contributed by atoms with Crippen molar-refractivity contribution in [1.82, 2.24) is 10.2 Å². The number of benzene rings is 1. The summed E-state index contributed by atoms with van der Waals surface area (Å²) in [6.45, 7) is 5.67. The number of rotatable bonds is 4. The fourth-order valence-corrected chi connectivity index (χ4v) is 2.22. The Bertz CT molecular complexity index is 427. The van der Waals surface area contributed by atoms with Crippen LogP contribution in [0, 0.1) is 0 Å². The number of likely N-dealkylation sites (N-methyl/N-ethyl adjacent to an activating group) is 1. The zero-order chi connectivity index (χ0) is 13.0. The van der Waals surface area contributed by atoms with Crippen LogP contribution in [0.15, 0.2) is 36.9 Å². The molecular formula is C15H20N2O. The van der Waals surface area contributed by atoms with E-state index in [4.69, 9.17) is 0 Å². The second-order valence-electron chi connectivity index (χ2n) is 4.86. The maximum atomic E-state index is 11.4. The molecule has 2 rings (SSSR count). The largest absolute Gasteiger partial charge is 0.344 e. The average Bonchev–Trinajstić information content (AvgIpc) is 2.41. The number of hydrogen-bond acceptors (Lipinski definition) is 2. The van der Waals surface area contributed by atoms with Gasteiger partial charge in [-0.05, 0) is 17.6 Å². The Hall–Kier alpha value is -1.61. The predicted molar refractivity (Wildman–Crippen MR) is 74.1 cm³/mol. The first-order chi connectivity index (χ1) is 8.66. The van der Waals surface area contributed by atoms with Crippen LogP contribution in [0.25, 0.3) is 5.57 Å². The van der Waals surface area contributed by atoms with Gasteiger partial charge in [0.05, 0.1) is 0 Å². The molecular weight excluding hydrogens is 224 g/mol. The van der Waals surface area contributed by atoms with Crippen molar-refractivity contribution in [2.75, 3.05) is 20.1 Å². The van der Waals surface area contributed by atoms with Gasteiger partial charge < -0.3 is 10.2 Å². The van der Waals surface area contributed by atoms with Gasteiger partial charge in [-0.2, -0.15) is 0 Å². The summed E-state index contributed by atoms with van der Waals surface area (Å²) in [5.41, 5.74) is 2.26. The number of amides is 1. The van der Waals surface area contributed by atoms with Crippen LogP contribution < -0.4 is 5.32 Å². The van der Waals surface area contributed by atoms with Crippen LogP contribution in [0.2, 0.25) is 0 Å². The van der Waals surface area contributed by atoms with Crippen LogP contribution in [-0.2, 0) is 4.79 Å². The molecule has 1 amide bonds. The van der Waals surface area contributed by atoms with E-state index in [-0.39, 0.29) is 5.91 Å². The third-order valence-electron chi connectivity index (χ3n) is 3.41. The molecule has 3 nitrogen and oxygen atoms in total. The van der Waals surface area contributed by atoms with E-state index < -0.39 is 0 Å². The smallest absolute Gasteiger partial charge is 0.222 e. The van der Waals surface area contributed by atoms with Crippen molar-refractivity contribution in [3.8, 4) is 0 Å². The molecule has 0 aromatic heterocycles. The van der Waals surface area contributed by atoms with Gasteiger partial charge in [-0.1, -0.05) is 36.9 Å². The quantitative estimate of drug-likeness (QED) is 0.877. The summed E-state index contributed by atoms with van der Waals surface area (Å²) < 4.78 is 0. The van der Waals surface area contributed by atoms with Gasteiger partial charge in [0.1, 0.15) is 0 Å². The number of nitrogens with zero attached hydrogens (tertiary/aromatic N) is 1. The summed E-state index contributed by atoms with van der Waals surface area (Å²) in [5, 5.41) is 3.48. The summed E-state index contributed by atoms with van der Waals surface area (Å²) in [7, 11) is 1.86. The molecule has 0 bridgehead atoms. The molecule has 1 heterocycles. The Morgan fingerprint density at radius 2 is 2.17 bits per heavy atom. The summed E-state index contributed by atoms with van der Waals surface area (Å²) in [4.78, 5) is 13.2. The number of hydrogen-bond donors (Lipinski definition) is 1. The van der Waals surface area contributed by atoms with Gasteiger partial charge in [0.2, 0.25) is 5.91 Å². The van der Waals surface area contributed by atoms with Crippen molar-refractivity contribution in [3.05, 3.63) is 42.5 Å². The highest BCUT2D eigenvalue weighted by Gasteiger charge is 2.22. The molecule has 1 aromatic rings. The minimum Gasteiger partial charge on any atom is -0.344 e. The molecule has 0 saturated carbocycles. The Kier molecular flexibility index (Phi) is 4.15. The van der Waals surface area contributed by atoms with Crippen LogP contribution in [0.1, 0.15) is 18.4 Å². The van der Waals surface area contributed by atoms with Gasteiger partial charge in [-0.15, -0.1) is 0 Å². The first-order valence-corrected chi connectivity index (χ1v) is 6.37. The van der Waals surface area contributed by atoms with E-state index >= 15 is 0 Å². The molecule has 1 aliphatic rings. The van der Waals surface area contributed by atoms with Gasteiger partial charge in [-0.25, -0.2) is 0 Å². The monoisotopic (exact) mass is 244 g/mol. The fourth-order valence-electron chi connectivity index (χ4n) is 2.22. The minimum absolute atomic E-state index is 0.245. The number of carbonyl (C=O) groups is 1. The molecule has 1 aliphatic heterocycles. The van der Waals surface area contributed by atoms with E-state index in [1.165, 1.54) is 5.56 Å². The molecule has 18 heavy (non-hydrogen) atoms. The lowest BCUT2D eigenvalue weighted by atomic mass is 10.0. The van der Waals surface area contributed by atoms with Crippen LogP contribution >= 0.6 is 0 Å². The summed E-state index contributed by atoms with van der Waals surface area (Å²) in [6, 6.07) is 10.6. The van der Waals surface area contributed by atoms with Crippen molar-refractivity contribution >= 4 is 11.5 Å². The third-order valence-corrected chi connectivity index (χ3v) is 3.41. The van der Waals surface area contributed by atoms with Crippen LogP contribution in [0.4, 0.5) is 0 Å². The van der Waals surface area contributed by atoms with Crippen LogP contribution in [0.5, 0.6) is 0 Å². The number of piperidine rings is 1. The molecule has 0 spiro atoms. The SMILES string of the molecule is C=C(CNC1CCC(=O)N(C)C1)c1ccccc1. The second-order valence-corrected chi connectivity index (χ2v) is 4.86. The summed E-state index contributed by atoms with van der Waals surface area (Å²) in [6.07, 6.45) is 1.57. The molecule has 1 saturated heterocycles. The van der Waals surface area contributed by atoms with Gasteiger partial charge >= 0.3 is 0 Å². The zero-order valence-electron chi connectivity index (χ0n) is 10.9. The van der Waals surface area contributed by atoms with Crippen molar-refractivity contribution < 1.29 is 4.79 Å². The highest BCUT2D eigenvalue weighted by molar-refractivity contribution is 5.76. The zero-order valence-corrected chi connectivity index (χ0v) is 10.9. The predicted octanol–water partition coefficient (Wildman–Crippen LogP) is 1.91. The number of likely N-dealkylation sites (tertiary alicyclic amines) is 1. The van der Waals surface area contributed by atoms with Gasteiger partial charge in [0, 0.05) is 32.6 Å². The molecule has 1 aromatic carbocycles. The Labute approximate surface area is 108 Å². The van der Waals surface area contributed by atoms with Crippen molar-refractivity contribution in [2.24, 2.45) is 0 Å². The third kappa shape index (κ3) is 3.20. The molecule has 1 unspecified atom stereocenters. The molecule has 1 atom stereocenters. The summed E-state index contributed by atoms with van der Waals surface area (Å²) in [5.74, 6) is 0.245. The normalized spacial score (nSPS) is 19.9.